The molecule has 198 valence electrons. The zero-order valence-electron chi connectivity index (χ0n) is 21.5. The second-order valence-electron chi connectivity index (χ2n) is 10.8. The number of nitrogen functional groups attached to an aromatic ring is 1. The van der Waals surface area contributed by atoms with Crippen LogP contribution in [0.1, 0.15) is 67.0 Å². The number of rotatable bonds is 4. The third-order valence-electron chi connectivity index (χ3n) is 8.50. The van der Waals surface area contributed by atoms with E-state index in [-0.39, 0.29) is 17.3 Å². The summed E-state index contributed by atoms with van der Waals surface area (Å²) < 4.78 is 26.1. The van der Waals surface area contributed by atoms with Gasteiger partial charge in [-0.1, -0.05) is 22.8 Å². The van der Waals surface area contributed by atoms with Gasteiger partial charge < -0.3 is 15.0 Å². The van der Waals surface area contributed by atoms with Crippen LogP contribution in [-0.2, 0) is 18.3 Å². The molecule has 1 aliphatic heterocycles. The molecule has 3 heterocycles. The van der Waals surface area contributed by atoms with E-state index in [0.29, 0.717) is 41.6 Å². The van der Waals surface area contributed by atoms with E-state index in [0.717, 1.165) is 61.0 Å². The van der Waals surface area contributed by atoms with Crippen molar-refractivity contribution in [2.75, 3.05) is 19.3 Å². The second-order valence-corrected chi connectivity index (χ2v) is 11.2. The molecule has 1 aromatic carbocycles. The topological polar surface area (TPSA) is 114 Å². The Morgan fingerprint density at radius 3 is 2.82 bits per heavy atom. The van der Waals surface area contributed by atoms with Crippen molar-refractivity contribution in [1.82, 2.24) is 20.0 Å². The minimum atomic E-state index is -0.864. The smallest absolute Gasteiger partial charge is 0.218 e. The predicted octanol–water partition coefficient (Wildman–Crippen LogP) is 5.01. The van der Waals surface area contributed by atoms with Crippen molar-refractivity contribution in [3.63, 3.8) is 0 Å². The summed E-state index contributed by atoms with van der Waals surface area (Å²) in [5.74, 6) is 1.41. The number of hydrogen-bond acceptors (Lipinski definition) is 8. The van der Waals surface area contributed by atoms with Crippen LogP contribution in [0, 0.1) is 11.3 Å². The summed E-state index contributed by atoms with van der Waals surface area (Å²) in [6.07, 6.45) is 4.51. The minimum absolute atomic E-state index is 0.0602. The summed E-state index contributed by atoms with van der Waals surface area (Å²) in [7, 11) is 1.90. The molecule has 10 heteroatoms. The number of anilines is 1. The number of likely N-dealkylation sites (tertiary alicyclic amines) is 1. The fraction of sp³-hybridized carbons (Fsp3) is 0.500. The van der Waals surface area contributed by atoms with Crippen LogP contribution in [0.25, 0.3) is 11.5 Å². The van der Waals surface area contributed by atoms with Crippen molar-refractivity contribution in [2.45, 2.75) is 75.6 Å². The maximum absolute atomic E-state index is 13.9. The molecule has 3 aliphatic rings. The van der Waals surface area contributed by atoms with Gasteiger partial charge in [-0.2, -0.15) is 10.2 Å². The van der Waals surface area contributed by atoms with Gasteiger partial charge in [-0.3, -0.25) is 4.90 Å². The van der Waals surface area contributed by atoms with Gasteiger partial charge in [0.2, 0.25) is 5.88 Å². The Balaban J connectivity index is 1.39. The molecule has 0 amide bonds. The van der Waals surface area contributed by atoms with E-state index in [2.05, 4.69) is 21.2 Å². The lowest BCUT2D eigenvalue weighted by molar-refractivity contribution is 0.117. The molecule has 0 unspecified atom stereocenters. The number of aryl methyl sites for hydroxylation is 1. The highest BCUT2D eigenvalue weighted by Crippen LogP contribution is 2.53. The van der Waals surface area contributed by atoms with Crippen molar-refractivity contribution in [3.05, 3.63) is 51.4 Å². The van der Waals surface area contributed by atoms with Gasteiger partial charge in [-0.05, 0) is 76.1 Å². The van der Waals surface area contributed by atoms with Crippen LogP contribution in [0.15, 0.2) is 22.7 Å². The largest absolute Gasteiger partial charge is 0.473 e. The van der Waals surface area contributed by atoms with Crippen molar-refractivity contribution in [3.8, 4) is 23.5 Å². The second kappa shape index (κ2) is 9.51. The first kappa shape index (κ1) is 25.1. The van der Waals surface area contributed by atoms with Gasteiger partial charge in [-0.15, -0.1) is 0 Å². The molecule has 2 aliphatic carbocycles. The maximum Gasteiger partial charge on any atom is 0.218 e. The summed E-state index contributed by atoms with van der Waals surface area (Å²) in [5, 5.41) is 14.7. The zero-order chi connectivity index (χ0) is 26.6. The minimum Gasteiger partial charge on any atom is -0.473 e. The quantitative estimate of drug-likeness (QED) is 0.365. The van der Waals surface area contributed by atoms with Gasteiger partial charge in [0.05, 0.1) is 11.0 Å². The lowest BCUT2D eigenvalue weighted by Crippen LogP contribution is -2.38. The van der Waals surface area contributed by atoms with Gasteiger partial charge in [0, 0.05) is 29.9 Å². The standard InChI is InChI=1S/C28H30ClFN6O2/c1-15(21-11-17(30)14-36(21)2)37-23-12-22(29)33-27(34-23)25-18-6-4-10-28(26(18)38-35-25)9-3-5-16-7-8-20(32)19(13-31)24(16)28/h7-8,12,15,17,21H,3-6,9-11,14,32H2,1-2H3/t15-,17+,21-,28-/m0/s1. The first-order valence-corrected chi connectivity index (χ1v) is 13.6. The van der Waals surface area contributed by atoms with Crippen molar-refractivity contribution in [1.29, 1.82) is 5.26 Å². The van der Waals surface area contributed by atoms with Crippen LogP contribution in [0.4, 0.5) is 10.1 Å². The van der Waals surface area contributed by atoms with Crippen LogP contribution in [0.2, 0.25) is 5.15 Å². The molecule has 8 nitrogen and oxygen atoms in total. The molecular weight excluding hydrogens is 507 g/mol. The molecule has 6 rings (SSSR count). The highest BCUT2D eigenvalue weighted by atomic mass is 35.5. The number of halogens is 2. The summed E-state index contributed by atoms with van der Waals surface area (Å²) in [6.45, 7) is 2.30. The fourth-order valence-corrected chi connectivity index (χ4v) is 7.01. The highest BCUT2D eigenvalue weighted by molar-refractivity contribution is 6.29. The molecule has 3 aromatic rings. The van der Waals surface area contributed by atoms with Crippen molar-refractivity contribution < 1.29 is 13.7 Å². The third kappa shape index (κ3) is 4.02. The molecule has 4 atom stereocenters. The Labute approximate surface area is 225 Å². The first-order valence-electron chi connectivity index (χ1n) is 13.2. The van der Waals surface area contributed by atoms with E-state index < -0.39 is 11.6 Å². The number of nitriles is 1. The number of hydrogen-bond donors (Lipinski definition) is 1. The van der Waals surface area contributed by atoms with Gasteiger partial charge in [0.1, 0.15) is 23.5 Å². The number of likely N-dealkylation sites (N-methyl/N-ethyl adjacent to an activating group) is 1. The summed E-state index contributed by atoms with van der Waals surface area (Å²) in [6, 6.07) is 7.72. The summed E-state index contributed by atoms with van der Waals surface area (Å²) in [4.78, 5) is 11.1. The monoisotopic (exact) mass is 536 g/mol. The molecule has 2 aromatic heterocycles. The van der Waals surface area contributed by atoms with Gasteiger partial charge in [-0.25, -0.2) is 9.37 Å². The number of nitrogens with zero attached hydrogens (tertiary/aromatic N) is 5. The van der Waals surface area contributed by atoms with Crippen LogP contribution < -0.4 is 10.5 Å². The van der Waals surface area contributed by atoms with E-state index in [1.807, 2.05) is 31.0 Å². The molecule has 1 spiro atoms. The maximum atomic E-state index is 13.9. The lowest BCUT2D eigenvalue weighted by atomic mass is 9.61. The average molecular weight is 537 g/mol. The number of benzene rings is 1. The fourth-order valence-electron chi connectivity index (χ4n) is 6.84. The number of alkyl halides is 1. The van der Waals surface area contributed by atoms with Crippen LogP contribution in [-0.4, -0.2) is 51.9 Å². The molecular formula is C28H30ClFN6O2. The number of nitrogens with two attached hydrogens (primary N) is 1. The number of fused-ring (bicyclic) bond motifs is 4. The molecule has 0 radical (unpaired) electrons. The normalized spacial score (nSPS) is 25.6. The SMILES string of the molecule is C[C@H](Oc1cc(Cl)nc(-c2noc3c2CCC[C@]32CCCc3ccc(N)c(C#N)c32)n1)[C@@H]1C[C@@H](F)CN1C. The van der Waals surface area contributed by atoms with E-state index >= 15 is 0 Å². The molecule has 38 heavy (non-hydrogen) atoms. The van der Waals surface area contributed by atoms with Crippen LogP contribution in [0.3, 0.4) is 0 Å². The third-order valence-corrected chi connectivity index (χ3v) is 8.69. The Bertz CT molecular complexity index is 1430. The first-order chi connectivity index (χ1) is 18.3. The summed E-state index contributed by atoms with van der Waals surface area (Å²) >= 11 is 6.40. The Morgan fingerprint density at radius 2 is 2.08 bits per heavy atom. The number of ether oxygens (including phenoxy) is 1. The van der Waals surface area contributed by atoms with Crippen LogP contribution in [0.5, 0.6) is 5.88 Å². The Kier molecular flexibility index (Phi) is 6.28. The lowest BCUT2D eigenvalue weighted by Gasteiger charge is -2.41. The van der Waals surface area contributed by atoms with Gasteiger partial charge >= 0.3 is 0 Å². The van der Waals surface area contributed by atoms with Crippen molar-refractivity contribution >= 4 is 17.3 Å². The number of aromatic nitrogens is 3. The van der Waals surface area contributed by atoms with E-state index in [1.54, 1.807) is 6.07 Å². The molecule has 0 saturated carbocycles. The van der Waals surface area contributed by atoms with E-state index in [4.69, 9.17) is 26.6 Å². The molecule has 1 fully saturated rings. The van der Waals surface area contributed by atoms with Crippen molar-refractivity contribution in [2.24, 2.45) is 0 Å². The zero-order valence-corrected chi connectivity index (χ0v) is 22.3. The molecule has 0 bridgehead atoms. The Morgan fingerprint density at radius 1 is 1.29 bits per heavy atom. The average Bonchev–Trinajstić information content (AvgIpc) is 3.47. The predicted molar refractivity (Wildman–Crippen MR) is 141 cm³/mol. The van der Waals surface area contributed by atoms with E-state index in [1.165, 1.54) is 0 Å². The van der Waals surface area contributed by atoms with Gasteiger partial charge in [0.25, 0.3) is 0 Å². The van der Waals surface area contributed by atoms with Gasteiger partial charge in [0.15, 0.2) is 17.3 Å². The van der Waals surface area contributed by atoms with Crippen LogP contribution >= 0.6 is 11.6 Å². The Hall–Kier alpha value is -3.22. The molecule has 2 N–H and O–H groups in total. The van der Waals surface area contributed by atoms with E-state index in [9.17, 15) is 9.65 Å². The summed E-state index contributed by atoms with van der Waals surface area (Å²) in [5.41, 5.74) is 10.4. The highest BCUT2D eigenvalue weighted by Gasteiger charge is 2.48. The molecule has 1 saturated heterocycles.